The molecule has 3 fully saturated rings. The van der Waals surface area contributed by atoms with E-state index in [1.165, 1.54) is 89.6 Å². The Bertz CT molecular complexity index is 5400. The van der Waals surface area contributed by atoms with Crippen LogP contribution < -0.4 is 74.4 Å². The molecule has 142 heavy (non-hydrogen) atoms. The molecule has 0 spiro atoms. The molecule has 9 heterocycles. The average Bonchev–Trinajstić information content (AvgIpc) is 1.63. The lowest BCUT2D eigenvalue weighted by Crippen LogP contribution is -2.61. The van der Waals surface area contributed by atoms with Crippen molar-refractivity contribution >= 4 is 218 Å². The molecule has 51 heteroatoms. The van der Waals surface area contributed by atoms with Crippen molar-refractivity contribution in [2.24, 2.45) is 17.8 Å². The summed E-state index contributed by atoms with van der Waals surface area (Å²) in [4.78, 5) is 297. The zero-order chi connectivity index (χ0) is 103. The number of nitrogens with one attached hydrogen (secondary N) is 16. The molecule has 4 unspecified atom stereocenters. The molecule has 7 aliphatic rings. The summed E-state index contributed by atoms with van der Waals surface area (Å²) in [6, 6.07) is -9.03. The second-order valence-corrected chi connectivity index (χ2v) is 44.1. The van der Waals surface area contributed by atoms with Gasteiger partial charge in [-0.05, 0) is 107 Å². The van der Waals surface area contributed by atoms with E-state index in [1.54, 1.807) is 36.4 Å². The summed E-state index contributed by atoms with van der Waals surface area (Å²) in [6.45, 7) is 14.7. The minimum Gasteiger partial charge on any atom is -0.391 e. The van der Waals surface area contributed by atoms with Gasteiger partial charge in [-0.25, -0.2) is 4.79 Å². The third kappa shape index (κ3) is 29.9. The molecule has 0 saturated carbocycles. The van der Waals surface area contributed by atoms with E-state index >= 15 is 9.59 Å². The summed E-state index contributed by atoms with van der Waals surface area (Å²) in [7, 11) is 5.33. The summed E-state index contributed by atoms with van der Waals surface area (Å²) in [5.41, 5.74) is 2.19. The highest BCUT2D eigenvalue weighted by atomic mass is 33.1. The van der Waals surface area contributed by atoms with Crippen molar-refractivity contribution in [1.29, 1.82) is 0 Å². The van der Waals surface area contributed by atoms with E-state index < -0.39 is 234 Å². The molecule has 2 aromatic heterocycles. The van der Waals surface area contributed by atoms with Crippen LogP contribution in [0.3, 0.4) is 0 Å². The molecular formula is C91H126N20O25S6. The number of imide groups is 1. The zero-order valence-electron chi connectivity index (χ0n) is 80.3. The van der Waals surface area contributed by atoms with E-state index in [0.29, 0.717) is 72.4 Å². The van der Waals surface area contributed by atoms with Crippen molar-refractivity contribution in [3.63, 3.8) is 0 Å². The molecular weight excluding hydrogens is 1970 g/mol. The van der Waals surface area contributed by atoms with Crippen molar-refractivity contribution in [3.05, 3.63) is 47.5 Å². The van der Waals surface area contributed by atoms with Crippen LogP contribution in [-0.4, -0.2) is 339 Å². The first-order chi connectivity index (χ1) is 67.4. The smallest absolute Gasteiger partial charge is 0.333 e. The lowest BCUT2D eigenvalue weighted by atomic mass is 9.97. The van der Waals surface area contributed by atoms with Gasteiger partial charge in [-0.2, -0.15) is 0 Å². The van der Waals surface area contributed by atoms with Crippen molar-refractivity contribution < 1.29 is 121 Å². The molecule has 20 atom stereocenters. The maximum absolute atomic E-state index is 15.0. The van der Waals surface area contributed by atoms with Crippen LogP contribution in [0.4, 0.5) is 11.4 Å². The fraction of sp³-hybridized carbons (Fsp3) is 0.604. The SMILES string of the molecule is CCC(C)C[C@@H]1NC(=O)[C@@H]2Cc3c([nH]c4ccc(NC(=O)CCSSCCN(CCSSCCC(=O)Nc5ccc6[nH]c7c(c6c5)C[C@@H]5NC(=O)[C@H](C)NC(=O)[C@@H]6C[C@@H](O)CN6C(=O)[C@@H](CS7)NC(=O)[C@@H](C(C)O)NC(=O)[C@H](C)NC(=O)[C@H](CC(C)CC)NC5=O)C(=O)CCC(=O)ON5C(=O)CCC5=O)cc34)SC[C@@H](NC(=O)[C@@H](C(C)O)NC(=O)[C@H](C)CNC1=O)C(=O)N1C[C@H](O)C[C@H]1C(=O)N[C@@H](C)C(=O)N2. The van der Waals surface area contributed by atoms with Gasteiger partial charge < -0.3 is 124 Å². The highest BCUT2D eigenvalue weighted by Gasteiger charge is 2.48. The van der Waals surface area contributed by atoms with Crippen LogP contribution in [0.15, 0.2) is 46.5 Å². The number of carbonyl (C=O) groups is 20. The van der Waals surface area contributed by atoms with E-state index in [0.717, 1.165) is 33.3 Å². The Labute approximate surface area is 842 Å². The predicted molar refractivity (Wildman–Crippen MR) is 529 cm³/mol. The molecule has 3 saturated heterocycles. The fourth-order valence-corrected chi connectivity index (χ4v) is 23.0. The highest BCUT2D eigenvalue weighted by Crippen LogP contribution is 2.38. The van der Waals surface area contributed by atoms with E-state index in [9.17, 15) is 107 Å². The predicted octanol–water partition coefficient (Wildman–Crippen LogP) is -0.989. The van der Waals surface area contributed by atoms with Crippen LogP contribution in [0, 0.1) is 17.8 Å². The number of aliphatic hydroxyl groups excluding tert-OH is 4. The van der Waals surface area contributed by atoms with Crippen LogP contribution in [0.1, 0.15) is 157 Å². The van der Waals surface area contributed by atoms with Crippen LogP contribution in [0.25, 0.3) is 21.8 Å². The largest absolute Gasteiger partial charge is 0.391 e. The zero-order valence-corrected chi connectivity index (χ0v) is 85.2. The van der Waals surface area contributed by atoms with Crippen molar-refractivity contribution in [3.8, 4) is 0 Å². The quantitative estimate of drug-likeness (QED) is 0.0184. The van der Waals surface area contributed by atoms with Crippen LogP contribution >= 0.6 is 66.7 Å². The number of nitrogens with zero attached hydrogens (tertiary/aromatic N) is 4. The second-order valence-electron chi connectivity index (χ2n) is 36.7. The Kier molecular flexibility index (Phi) is 40.4. The van der Waals surface area contributed by atoms with E-state index in [-0.39, 0.29) is 150 Å². The number of aromatic amines is 2. The Morgan fingerprint density at radius 3 is 1.30 bits per heavy atom. The lowest BCUT2D eigenvalue weighted by Gasteiger charge is -2.30. The lowest BCUT2D eigenvalue weighted by molar-refractivity contribution is -0.197. The summed E-state index contributed by atoms with van der Waals surface area (Å²) >= 11 is 2.00. The van der Waals surface area contributed by atoms with Crippen molar-refractivity contribution in [1.82, 2.24) is 93.5 Å². The van der Waals surface area contributed by atoms with Gasteiger partial charge in [-0.3, -0.25) is 91.1 Å². The van der Waals surface area contributed by atoms with Gasteiger partial charge in [-0.15, -0.1) is 28.6 Å². The minimum absolute atomic E-state index is 0.0410. The molecule has 45 nitrogen and oxygen atoms in total. The molecule has 20 N–H and O–H groups in total. The number of hydrogen-bond acceptors (Lipinski definition) is 31. The number of thioether (sulfide) groups is 2. The molecule has 4 bridgehead atoms. The van der Waals surface area contributed by atoms with Gasteiger partial charge in [0, 0.05) is 158 Å². The first kappa shape index (κ1) is 111. The number of aliphatic hydroxyl groups is 4. The van der Waals surface area contributed by atoms with Gasteiger partial charge in [0.15, 0.2) is 0 Å². The van der Waals surface area contributed by atoms with Gasteiger partial charge in [0.1, 0.15) is 78.5 Å². The van der Waals surface area contributed by atoms with E-state index in [1.807, 2.05) is 27.7 Å². The number of anilines is 2. The average molecular weight is 2090 g/mol. The fourth-order valence-electron chi connectivity index (χ4n) is 16.8. The molecule has 0 radical (unpaired) electrons. The molecule has 7 aliphatic heterocycles. The van der Waals surface area contributed by atoms with E-state index in [4.69, 9.17) is 4.84 Å². The van der Waals surface area contributed by atoms with Gasteiger partial charge in [0.25, 0.3) is 11.8 Å². The molecule has 4 aromatic rings. The van der Waals surface area contributed by atoms with Crippen LogP contribution in [0.5, 0.6) is 0 Å². The maximum Gasteiger partial charge on any atom is 0.333 e. The third-order valence-electron chi connectivity index (χ3n) is 25.5. The number of hydrogen-bond donors (Lipinski definition) is 20. The van der Waals surface area contributed by atoms with Crippen LogP contribution in [-0.2, 0) is 114 Å². The maximum atomic E-state index is 15.0. The number of H-pyrrole nitrogens is 2. The number of benzene rings is 2. The third-order valence-corrected chi connectivity index (χ3v) is 32.5. The number of amides is 19. The van der Waals surface area contributed by atoms with Gasteiger partial charge in [0.05, 0.1) is 46.8 Å². The number of fused-ring (bicyclic) bond motifs is 10. The summed E-state index contributed by atoms with van der Waals surface area (Å²) in [5.74, 6) is -16.4. The number of hydroxylamine groups is 2. The first-order valence-corrected chi connectivity index (χ1v) is 54.3. The Balaban J connectivity index is 0.769. The van der Waals surface area contributed by atoms with Crippen LogP contribution in [0.2, 0.25) is 0 Å². The highest BCUT2D eigenvalue weighted by molar-refractivity contribution is 8.77. The Morgan fingerprint density at radius 2 is 0.873 bits per heavy atom. The number of carbonyl (C=O) groups excluding carboxylic acids is 20. The molecule has 776 valence electrons. The summed E-state index contributed by atoms with van der Waals surface area (Å²) < 4.78 is 0. The van der Waals surface area contributed by atoms with Crippen molar-refractivity contribution in [2.45, 2.75) is 272 Å². The first-order valence-electron chi connectivity index (χ1n) is 47.4. The van der Waals surface area contributed by atoms with Gasteiger partial charge >= 0.3 is 5.97 Å². The van der Waals surface area contributed by atoms with Gasteiger partial charge in [0.2, 0.25) is 100 Å². The normalized spacial score (nSPS) is 26.7. The van der Waals surface area contributed by atoms with Crippen molar-refractivity contribution in [2.75, 3.05) is 77.9 Å². The molecule has 2 aromatic carbocycles. The minimum atomic E-state index is -1.71. The number of aromatic nitrogens is 2. The standard InChI is InChI=1S/C91H126N20O25S6/c1-11-42(3)29-60-80(126)92-37-44(5)76(122)106-74(48(9)112)86(132)102-64-40-137-88-56(35-62(82(128)100-60)98-77(123)45(6)94-84(130)66-33-52(114)38-109(66)90(64)134)54-31-50(13-15-58(54)104-88)96-68(116)21-25-139-141-27-23-108(70(118)19-20-73(121)136-111-71(119)17-18-72(111)120)24-28-142-140-26-22-69(117)97-51-14-16-59-55(32-51)57-36-63-83(129)101-61(30-43(4)12-2)81(127)93-47(8)79(125)107-75(49(10)113)87(133)103-65(41-138-89(57)105-59)91(135)110-39-53(115)34-67(110)85(131)95-46(7)78(124)99-63/h13-16,31-32,42-49,52-53,60-67,74-75,104-105,112-115H,11-12,17-30,33-41H2,1-10H3,(H,92,126)(H,93,127)(H,94,130)(H,95,131)(H,96,116)(H,97,117)(H,98,123)(H,99,124)(H,100,128)(H,101,129)(H,102,132)(H,103,133)(H,106,122)(H,107,125)/t42?,43?,44-,45+,46+,47+,48?,49?,52-,53-,60+,61+,62+,63+,64-,65-,66+,67+,74-,75-/m1/s1. The molecule has 19 amide bonds. The summed E-state index contributed by atoms with van der Waals surface area (Å²) in [5, 5.41) is 83.7. The topological polar surface area (TPSA) is 645 Å². The molecule has 11 rings (SSSR count). The Hall–Kier alpha value is -10.9. The Morgan fingerprint density at radius 1 is 0.472 bits per heavy atom. The molecule has 0 aliphatic carbocycles. The van der Waals surface area contributed by atoms with E-state index in [2.05, 4.69) is 84.4 Å². The number of rotatable bonds is 28. The monoisotopic (exact) mass is 2090 g/mol. The summed E-state index contributed by atoms with van der Waals surface area (Å²) in [6.07, 6.45) is -6.62. The second kappa shape index (κ2) is 51.5. The van der Waals surface area contributed by atoms with Gasteiger partial charge in [-0.1, -0.05) is 90.6 Å².